The highest BCUT2D eigenvalue weighted by Crippen LogP contribution is 2.28. The lowest BCUT2D eigenvalue weighted by atomic mass is 10.1. The van der Waals surface area contributed by atoms with E-state index in [0.29, 0.717) is 18.6 Å². The molecule has 0 saturated carbocycles. The molecule has 2 unspecified atom stereocenters. The van der Waals surface area contributed by atoms with Gasteiger partial charge in [-0.3, -0.25) is 0 Å². The minimum atomic E-state index is 0.283. The van der Waals surface area contributed by atoms with Crippen LogP contribution in [0.3, 0.4) is 0 Å². The molecule has 1 saturated heterocycles. The van der Waals surface area contributed by atoms with Crippen LogP contribution in [0.15, 0.2) is 48.6 Å². The number of hydrogen-bond acceptors (Lipinski definition) is 2. The topological polar surface area (TPSA) is 29.6 Å². The van der Waals surface area contributed by atoms with E-state index in [0.717, 1.165) is 44.9 Å². The van der Waals surface area contributed by atoms with Crippen LogP contribution in [0.1, 0.15) is 65.2 Å². The molecule has 0 bridgehead atoms. The molecule has 1 aliphatic rings. The average Bonchev–Trinajstić information content (AvgIpc) is 3.27. The highest BCUT2D eigenvalue weighted by Gasteiger charge is 2.35. The van der Waals surface area contributed by atoms with Gasteiger partial charge in [0.15, 0.2) is 0 Å². The van der Waals surface area contributed by atoms with Crippen LogP contribution < -0.4 is 0 Å². The molecule has 1 aliphatic heterocycles. The fourth-order valence-corrected chi connectivity index (χ4v) is 2.35. The second-order valence-electron chi connectivity index (χ2n) is 6.04. The quantitative estimate of drug-likeness (QED) is 0.247. The number of Topliss-reactive ketones (excluding diaryl/α,β-unsaturated/α-hetero) is 1. The average molecular weight is 316 g/mol. The van der Waals surface area contributed by atoms with E-state index in [1.807, 2.05) is 0 Å². The molecule has 0 N–H and O–H groups in total. The lowest BCUT2D eigenvalue weighted by Crippen LogP contribution is -1.89. The van der Waals surface area contributed by atoms with Crippen molar-refractivity contribution < 1.29 is 9.53 Å². The molecule has 1 fully saturated rings. The summed E-state index contributed by atoms with van der Waals surface area (Å²) in [6.45, 7) is 3.81. The van der Waals surface area contributed by atoms with Crippen LogP contribution in [0.4, 0.5) is 0 Å². The van der Waals surface area contributed by atoms with E-state index in [1.165, 1.54) is 0 Å². The monoisotopic (exact) mass is 316 g/mol. The minimum absolute atomic E-state index is 0.283. The van der Waals surface area contributed by atoms with Crippen molar-refractivity contribution in [1.82, 2.24) is 0 Å². The predicted molar refractivity (Wildman–Crippen MR) is 98.5 cm³/mol. The molecule has 23 heavy (non-hydrogen) atoms. The van der Waals surface area contributed by atoms with Gasteiger partial charge in [0.2, 0.25) is 0 Å². The summed E-state index contributed by atoms with van der Waals surface area (Å²) in [6, 6.07) is 0. The first-order valence-electron chi connectivity index (χ1n) is 8.99. The maximum absolute atomic E-state index is 10.8. The van der Waals surface area contributed by atoms with Crippen molar-refractivity contribution in [3.05, 3.63) is 48.6 Å². The number of carbonyl (C=O) groups is 1. The third-order valence-electron chi connectivity index (χ3n) is 3.77. The van der Waals surface area contributed by atoms with Gasteiger partial charge in [-0.1, -0.05) is 55.5 Å². The molecule has 0 spiro atoms. The van der Waals surface area contributed by atoms with Gasteiger partial charge in [-0.05, 0) is 51.9 Å². The highest BCUT2D eigenvalue weighted by molar-refractivity contribution is 5.75. The SMILES string of the molecule is CC/C=C\CC1OC1C/C=C\C/C=C\C/C=C\CCCC(C)=O. The van der Waals surface area contributed by atoms with E-state index in [2.05, 4.69) is 55.5 Å². The molecule has 0 radical (unpaired) electrons. The number of ketones is 1. The summed E-state index contributed by atoms with van der Waals surface area (Å²) in [4.78, 5) is 10.8. The zero-order valence-electron chi connectivity index (χ0n) is 14.7. The van der Waals surface area contributed by atoms with Gasteiger partial charge in [0, 0.05) is 6.42 Å². The Balaban J connectivity index is 1.93. The summed E-state index contributed by atoms with van der Waals surface area (Å²) in [6.07, 6.45) is 26.3. The Hall–Kier alpha value is -1.41. The summed E-state index contributed by atoms with van der Waals surface area (Å²) in [5.74, 6) is 0.283. The zero-order chi connectivity index (χ0) is 16.8. The molecule has 0 aromatic rings. The predicted octanol–water partition coefficient (Wildman–Crippen LogP) is 5.71. The highest BCUT2D eigenvalue weighted by atomic mass is 16.6. The second kappa shape index (κ2) is 13.1. The normalized spacial score (nSPS) is 21.3. The van der Waals surface area contributed by atoms with Crippen molar-refractivity contribution >= 4 is 5.78 Å². The molecular weight excluding hydrogens is 284 g/mol. The molecule has 2 heteroatoms. The van der Waals surface area contributed by atoms with Gasteiger partial charge < -0.3 is 9.53 Å². The third kappa shape index (κ3) is 11.8. The van der Waals surface area contributed by atoms with Gasteiger partial charge in [0.05, 0.1) is 12.2 Å². The molecule has 1 rings (SSSR count). The first-order chi connectivity index (χ1) is 11.2. The Morgan fingerprint density at radius 2 is 1.43 bits per heavy atom. The smallest absolute Gasteiger partial charge is 0.129 e. The van der Waals surface area contributed by atoms with Crippen LogP contribution in [0.25, 0.3) is 0 Å². The summed E-state index contributed by atoms with van der Waals surface area (Å²) >= 11 is 0. The second-order valence-corrected chi connectivity index (χ2v) is 6.04. The molecule has 0 aromatic heterocycles. The molecule has 2 atom stereocenters. The molecule has 0 aliphatic carbocycles. The number of hydrogen-bond donors (Lipinski definition) is 0. The number of ether oxygens (including phenoxy) is 1. The summed E-state index contributed by atoms with van der Waals surface area (Å²) < 4.78 is 5.62. The lowest BCUT2D eigenvalue weighted by Gasteiger charge is -1.90. The van der Waals surface area contributed by atoms with Gasteiger partial charge >= 0.3 is 0 Å². The van der Waals surface area contributed by atoms with Crippen molar-refractivity contribution in [2.75, 3.05) is 0 Å². The Labute approximate surface area is 142 Å². The van der Waals surface area contributed by atoms with E-state index in [1.54, 1.807) is 6.92 Å². The van der Waals surface area contributed by atoms with Crippen LogP contribution in [0.2, 0.25) is 0 Å². The van der Waals surface area contributed by atoms with E-state index >= 15 is 0 Å². The fourth-order valence-electron chi connectivity index (χ4n) is 2.35. The Morgan fingerprint density at radius 3 is 2.04 bits per heavy atom. The molecule has 0 aromatic carbocycles. The zero-order valence-corrected chi connectivity index (χ0v) is 14.7. The van der Waals surface area contributed by atoms with Gasteiger partial charge in [0.25, 0.3) is 0 Å². The van der Waals surface area contributed by atoms with Crippen LogP contribution in [0.5, 0.6) is 0 Å². The van der Waals surface area contributed by atoms with E-state index in [9.17, 15) is 4.79 Å². The summed E-state index contributed by atoms with van der Waals surface area (Å²) in [5, 5.41) is 0. The fraction of sp³-hybridized carbons (Fsp3) is 0.571. The van der Waals surface area contributed by atoms with Gasteiger partial charge in [-0.2, -0.15) is 0 Å². The standard InChI is InChI=1S/C21H32O2/c1-3-4-13-17-20-21(23-20)18-15-12-10-8-6-5-7-9-11-14-16-19(2)22/h4,6-9,12-13,15,20-21H,3,5,10-11,14,16-18H2,1-2H3/b8-6-,9-7-,13-4-,15-12-. The number of rotatable bonds is 13. The maximum Gasteiger partial charge on any atom is 0.129 e. The van der Waals surface area contributed by atoms with Gasteiger partial charge in [0.1, 0.15) is 5.78 Å². The van der Waals surface area contributed by atoms with Crippen molar-refractivity contribution in [2.45, 2.75) is 77.4 Å². The molecule has 128 valence electrons. The van der Waals surface area contributed by atoms with E-state index in [-0.39, 0.29) is 5.78 Å². The van der Waals surface area contributed by atoms with Crippen molar-refractivity contribution in [3.8, 4) is 0 Å². The largest absolute Gasteiger partial charge is 0.369 e. The van der Waals surface area contributed by atoms with Crippen molar-refractivity contribution in [1.29, 1.82) is 0 Å². The molecule has 2 nitrogen and oxygen atoms in total. The first kappa shape index (κ1) is 19.6. The lowest BCUT2D eigenvalue weighted by molar-refractivity contribution is -0.117. The van der Waals surface area contributed by atoms with Gasteiger partial charge in [-0.15, -0.1) is 0 Å². The van der Waals surface area contributed by atoms with Crippen molar-refractivity contribution in [2.24, 2.45) is 0 Å². The van der Waals surface area contributed by atoms with Crippen LogP contribution in [-0.2, 0) is 9.53 Å². The number of allylic oxidation sites excluding steroid dienone is 6. The third-order valence-corrected chi connectivity index (χ3v) is 3.77. The van der Waals surface area contributed by atoms with Crippen LogP contribution in [0, 0.1) is 0 Å². The van der Waals surface area contributed by atoms with Gasteiger partial charge in [-0.25, -0.2) is 0 Å². The Kier molecular flexibility index (Phi) is 11.2. The van der Waals surface area contributed by atoms with E-state index in [4.69, 9.17) is 4.74 Å². The Bertz CT molecular complexity index is 429. The summed E-state index contributed by atoms with van der Waals surface area (Å²) in [5.41, 5.74) is 0. The number of carbonyl (C=O) groups excluding carboxylic acids is 1. The summed E-state index contributed by atoms with van der Waals surface area (Å²) in [7, 11) is 0. The molecule has 0 amide bonds. The number of epoxide rings is 1. The Morgan fingerprint density at radius 1 is 0.870 bits per heavy atom. The van der Waals surface area contributed by atoms with Crippen LogP contribution in [-0.4, -0.2) is 18.0 Å². The van der Waals surface area contributed by atoms with Crippen molar-refractivity contribution in [3.63, 3.8) is 0 Å². The number of unbranched alkanes of at least 4 members (excludes halogenated alkanes) is 1. The minimum Gasteiger partial charge on any atom is -0.369 e. The van der Waals surface area contributed by atoms with Crippen LogP contribution >= 0.6 is 0 Å². The maximum atomic E-state index is 10.8. The first-order valence-corrected chi connectivity index (χ1v) is 8.99. The molecular formula is C21H32O2. The molecule has 1 heterocycles. The van der Waals surface area contributed by atoms with E-state index < -0.39 is 0 Å².